The Kier molecular flexibility index (Phi) is 2.23. The topological polar surface area (TPSA) is 110 Å². The Bertz CT molecular complexity index is 555. The molecule has 0 radical (unpaired) electrons. The van der Waals surface area contributed by atoms with Gasteiger partial charge in [0, 0.05) is 0 Å². The van der Waals surface area contributed by atoms with Crippen molar-refractivity contribution in [2.45, 2.75) is 31.1 Å². The predicted octanol–water partition coefficient (Wildman–Crippen LogP) is -0.535. The highest BCUT2D eigenvalue weighted by Gasteiger charge is 2.36. The van der Waals surface area contributed by atoms with Gasteiger partial charge in [-0.2, -0.15) is 5.10 Å². The van der Waals surface area contributed by atoms with E-state index in [0.717, 1.165) is 0 Å². The molecule has 1 aliphatic carbocycles. The van der Waals surface area contributed by atoms with Crippen molar-refractivity contribution in [2.24, 2.45) is 0 Å². The first-order valence-corrected chi connectivity index (χ1v) is 5.48. The molecular formula is C10H13N5O2. The average Bonchev–Trinajstić information content (AvgIpc) is 2.86. The van der Waals surface area contributed by atoms with Gasteiger partial charge in [0.2, 0.25) is 0 Å². The molecule has 90 valence electrons. The molecule has 2 aromatic rings. The average molecular weight is 235 g/mol. The molecule has 2 aromatic heterocycles. The first-order valence-electron chi connectivity index (χ1n) is 5.48. The largest absolute Gasteiger partial charge is 0.390 e. The lowest BCUT2D eigenvalue weighted by Gasteiger charge is -2.17. The highest BCUT2D eigenvalue weighted by Crippen LogP contribution is 2.32. The fourth-order valence-electron chi connectivity index (χ4n) is 2.33. The van der Waals surface area contributed by atoms with Crippen LogP contribution in [0.3, 0.4) is 0 Å². The van der Waals surface area contributed by atoms with Crippen molar-refractivity contribution in [1.29, 1.82) is 0 Å². The standard InChI is InChI=1S/C10H13N5O2/c11-9-5-3-14-15(10(5)13-4-12-9)6-1-2-7(16)8(6)17/h3-4,6-8,16-17H,1-2H2,(H2,11,12,13)/t6-,7-,8+/m1/s1. The van der Waals surface area contributed by atoms with Gasteiger partial charge in [0.15, 0.2) is 5.65 Å². The van der Waals surface area contributed by atoms with E-state index in [1.165, 1.54) is 6.33 Å². The lowest BCUT2D eigenvalue weighted by Crippen LogP contribution is -2.27. The molecule has 3 atom stereocenters. The summed E-state index contributed by atoms with van der Waals surface area (Å²) in [5.74, 6) is 0.370. The molecule has 4 N–H and O–H groups in total. The number of hydrogen-bond donors (Lipinski definition) is 3. The van der Waals surface area contributed by atoms with Crippen LogP contribution in [-0.4, -0.2) is 42.2 Å². The van der Waals surface area contributed by atoms with E-state index in [9.17, 15) is 10.2 Å². The number of aromatic nitrogens is 4. The molecule has 7 nitrogen and oxygen atoms in total. The molecule has 2 heterocycles. The van der Waals surface area contributed by atoms with Gasteiger partial charge in [-0.15, -0.1) is 0 Å². The van der Waals surface area contributed by atoms with E-state index in [4.69, 9.17) is 5.73 Å². The number of rotatable bonds is 1. The van der Waals surface area contributed by atoms with E-state index in [0.29, 0.717) is 29.7 Å². The van der Waals surface area contributed by atoms with Crippen LogP contribution in [0.4, 0.5) is 5.82 Å². The summed E-state index contributed by atoms with van der Waals surface area (Å²) in [5.41, 5.74) is 6.31. The van der Waals surface area contributed by atoms with Crippen LogP contribution < -0.4 is 5.73 Å². The van der Waals surface area contributed by atoms with Gasteiger partial charge >= 0.3 is 0 Å². The Morgan fingerprint density at radius 2 is 2.12 bits per heavy atom. The third-order valence-corrected chi connectivity index (χ3v) is 3.28. The summed E-state index contributed by atoms with van der Waals surface area (Å²) in [6, 6.07) is -0.253. The van der Waals surface area contributed by atoms with Gasteiger partial charge in [-0.1, -0.05) is 0 Å². The van der Waals surface area contributed by atoms with Gasteiger partial charge in [0.05, 0.1) is 23.7 Å². The highest BCUT2D eigenvalue weighted by atomic mass is 16.3. The van der Waals surface area contributed by atoms with E-state index in [-0.39, 0.29) is 6.04 Å². The summed E-state index contributed by atoms with van der Waals surface area (Å²) >= 11 is 0. The van der Waals surface area contributed by atoms with Crippen LogP contribution in [0.1, 0.15) is 18.9 Å². The van der Waals surface area contributed by atoms with Crippen molar-refractivity contribution in [3.05, 3.63) is 12.5 Å². The van der Waals surface area contributed by atoms with E-state index in [1.54, 1.807) is 10.9 Å². The number of hydrogen-bond acceptors (Lipinski definition) is 6. The van der Waals surface area contributed by atoms with Crippen LogP contribution in [0.25, 0.3) is 11.0 Å². The number of nitrogens with two attached hydrogens (primary N) is 1. The molecule has 1 aliphatic rings. The van der Waals surface area contributed by atoms with Crippen LogP contribution >= 0.6 is 0 Å². The first-order chi connectivity index (χ1) is 8.18. The predicted molar refractivity (Wildman–Crippen MR) is 60.0 cm³/mol. The zero-order valence-corrected chi connectivity index (χ0v) is 9.06. The fraction of sp³-hybridized carbons (Fsp3) is 0.500. The van der Waals surface area contributed by atoms with Crippen LogP contribution in [0.2, 0.25) is 0 Å². The van der Waals surface area contributed by atoms with Crippen molar-refractivity contribution < 1.29 is 10.2 Å². The molecule has 17 heavy (non-hydrogen) atoms. The van der Waals surface area contributed by atoms with E-state index >= 15 is 0 Å². The van der Waals surface area contributed by atoms with Crippen LogP contribution in [-0.2, 0) is 0 Å². The SMILES string of the molecule is Nc1ncnc2c1cnn2[C@@H]1CC[C@@H](O)[C@H]1O. The maximum absolute atomic E-state index is 9.87. The molecule has 3 rings (SSSR count). The summed E-state index contributed by atoms with van der Waals surface area (Å²) in [7, 11) is 0. The van der Waals surface area contributed by atoms with Crippen molar-refractivity contribution >= 4 is 16.9 Å². The third kappa shape index (κ3) is 1.47. The summed E-state index contributed by atoms with van der Waals surface area (Å²) < 4.78 is 1.62. The van der Waals surface area contributed by atoms with E-state index in [2.05, 4.69) is 15.1 Å². The van der Waals surface area contributed by atoms with Crippen LogP contribution in [0, 0.1) is 0 Å². The minimum absolute atomic E-state index is 0.253. The fourth-order valence-corrected chi connectivity index (χ4v) is 2.33. The number of aliphatic hydroxyl groups excluding tert-OH is 2. The zero-order chi connectivity index (χ0) is 12.0. The maximum Gasteiger partial charge on any atom is 0.163 e. The second-order valence-corrected chi connectivity index (χ2v) is 4.29. The summed E-state index contributed by atoms with van der Waals surface area (Å²) in [5, 5.41) is 24.3. The molecule has 1 saturated carbocycles. The number of aliphatic hydroxyl groups is 2. The minimum Gasteiger partial charge on any atom is -0.390 e. The monoisotopic (exact) mass is 235 g/mol. The normalized spacial score (nSPS) is 28.9. The van der Waals surface area contributed by atoms with Crippen LogP contribution in [0.5, 0.6) is 0 Å². The number of nitrogens with zero attached hydrogens (tertiary/aromatic N) is 4. The minimum atomic E-state index is -0.811. The molecule has 0 amide bonds. The molecule has 0 spiro atoms. The van der Waals surface area contributed by atoms with Gasteiger partial charge < -0.3 is 15.9 Å². The van der Waals surface area contributed by atoms with Gasteiger partial charge in [-0.05, 0) is 12.8 Å². The van der Waals surface area contributed by atoms with Gasteiger partial charge in [-0.3, -0.25) is 0 Å². The lowest BCUT2D eigenvalue weighted by atomic mass is 10.2. The first kappa shape index (κ1) is 10.4. The Balaban J connectivity index is 2.10. The highest BCUT2D eigenvalue weighted by molar-refractivity contribution is 5.84. The second-order valence-electron chi connectivity index (χ2n) is 4.29. The number of fused-ring (bicyclic) bond motifs is 1. The number of nitrogen functional groups attached to an aromatic ring is 1. The Morgan fingerprint density at radius 3 is 2.82 bits per heavy atom. The van der Waals surface area contributed by atoms with E-state index < -0.39 is 12.2 Å². The van der Waals surface area contributed by atoms with Gasteiger partial charge in [0.25, 0.3) is 0 Å². The smallest absolute Gasteiger partial charge is 0.163 e. The summed E-state index contributed by atoms with van der Waals surface area (Å²) in [6.07, 6.45) is 2.68. The lowest BCUT2D eigenvalue weighted by molar-refractivity contribution is 0.0219. The molecule has 7 heteroatoms. The van der Waals surface area contributed by atoms with Crippen molar-refractivity contribution in [3.63, 3.8) is 0 Å². The molecule has 0 bridgehead atoms. The Labute approximate surface area is 96.9 Å². The quantitative estimate of drug-likeness (QED) is 0.612. The molecule has 0 aliphatic heterocycles. The molecule has 0 saturated heterocycles. The number of anilines is 1. The van der Waals surface area contributed by atoms with Crippen LogP contribution in [0.15, 0.2) is 12.5 Å². The zero-order valence-electron chi connectivity index (χ0n) is 9.06. The Morgan fingerprint density at radius 1 is 1.29 bits per heavy atom. The second kappa shape index (κ2) is 3.64. The van der Waals surface area contributed by atoms with E-state index in [1.807, 2.05) is 0 Å². The van der Waals surface area contributed by atoms with Crippen molar-refractivity contribution in [3.8, 4) is 0 Å². The Hall–Kier alpha value is -1.73. The van der Waals surface area contributed by atoms with Gasteiger partial charge in [0.1, 0.15) is 18.2 Å². The summed E-state index contributed by atoms with van der Waals surface area (Å²) in [6.45, 7) is 0. The maximum atomic E-state index is 9.87. The van der Waals surface area contributed by atoms with Crippen molar-refractivity contribution in [1.82, 2.24) is 19.7 Å². The molecular weight excluding hydrogens is 222 g/mol. The summed E-state index contributed by atoms with van der Waals surface area (Å²) in [4.78, 5) is 8.01. The van der Waals surface area contributed by atoms with Crippen molar-refractivity contribution in [2.75, 3.05) is 5.73 Å². The molecule has 1 fully saturated rings. The van der Waals surface area contributed by atoms with Gasteiger partial charge in [-0.25, -0.2) is 14.6 Å². The molecule has 0 unspecified atom stereocenters. The third-order valence-electron chi connectivity index (χ3n) is 3.28. The molecule has 0 aromatic carbocycles.